The van der Waals surface area contributed by atoms with Gasteiger partial charge in [-0.1, -0.05) is 46.8 Å². The number of amides is 1. The molecule has 1 amide bonds. The SMILES string of the molecule is CCOC(=O)C(/C=C/C(C)(C)C)NC(=O)c1cc(CC(C)C)nn1CC. The van der Waals surface area contributed by atoms with Gasteiger partial charge in [0.15, 0.2) is 0 Å². The van der Waals surface area contributed by atoms with Gasteiger partial charge in [-0.25, -0.2) is 4.79 Å². The Kier molecular flexibility index (Phi) is 8.06. The van der Waals surface area contributed by atoms with E-state index in [-0.39, 0.29) is 17.9 Å². The van der Waals surface area contributed by atoms with Crippen LogP contribution in [-0.2, 0) is 22.5 Å². The van der Waals surface area contributed by atoms with E-state index in [4.69, 9.17) is 4.74 Å². The van der Waals surface area contributed by atoms with Crippen molar-refractivity contribution in [3.05, 3.63) is 29.6 Å². The van der Waals surface area contributed by atoms with Crippen LogP contribution in [0.3, 0.4) is 0 Å². The van der Waals surface area contributed by atoms with Gasteiger partial charge in [-0.3, -0.25) is 9.48 Å². The van der Waals surface area contributed by atoms with Crippen molar-refractivity contribution in [2.24, 2.45) is 11.3 Å². The maximum atomic E-state index is 12.8. The van der Waals surface area contributed by atoms with E-state index < -0.39 is 12.0 Å². The molecule has 146 valence electrons. The van der Waals surface area contributed by atoms with E-state index in [0.717, 1.165) is 12.1 Å². The van der Waals surface area contributed by atoms with Crippen molar-refractivity contribution in [2.45, 2.75) is 67.5 Å². The predicted octanol–water partition coefficient (Wildman–Crippen LogP) is 3.37. The monoisotopic (exact) mass is 363 g/mol. The smallest absolute Gasteiger partial charge is 0.332 e. The summed E-state index contributed by atoms with van der Waals surface area (Å²) in [6, 6.07) is 0.976. The van der Waals surface area contributed by atoms with E-state index in [1.807, 2.05) is 33.8 Å². The van der Waals surface area contributed by atoms with Gasteiger partial charge in [0.1, 0.15) is 11.7 Å². The fourth-order valence-electron chi connectivity index (χ4n) is 2.43. The van der Waals surface area contributed by atoms with E-state index >= 15 is 0 Å². The quantitative estimate of drug-likeness (QED) is 0.568. The molecule has 0 bridgehead atoms. The Labute approximate surface area is 157 Å². The number of hydrogen-bond donors (Lipinski definition) is 1. The third-order valence-corrected chi connectivity index (χ3v) is 3.60. The van der Waals surface area contributed by atoms with E-state index in [9.17, 15) is 9.59 Å². The van der Waals surface area contributed by atoms with Gasteiger partial charge >= 0.3 is 5.97 Å². The lowest BCUT2D eigenvalue weighted by Gasteiger charge is -2.17. The molecule has 0 radical (unpaired) electrons. The molecule has 1 heterocycles. The molecule has 0 aliphatic rings. The number of carbonyl (C=O) groups excluding carboxylic acids is 2. The van der Waals surface area contributed by atoms with Crippen molar-refractivity contribution in [1.82, 2.24) is 15.1 Å². The zero-order chi connectivity index (χ0) is 19.9. The summed E-state index contributed by atoms with van der Waals surface area (Å²) in [5.74, 6) is -0.342. The average Bonchev–Trinajstić information content (AvgIpc) is 2.92. The Bertz CT molecular complexity index is 639. The van der Waals surface area contributed by atoms with Crippen LogP contribution in [-0.4, -0.2) is 34.3 Å². The lowest BCUT2D eigenvalue weighted by atomic mass is 9.95. The number of nitrogens with one attached hydrogen (secondary N) is 1. The second kappa shape index (κ2) is 9.55. The Hall–Kier alpha value is -2.11. The van der Waals surface area contributed by atoms with Gasteiger partial charge in [-0.2, -0.15) is 5.10 Å². The van der Waals surface area contributed by atoms with Crippen LogP contribution in [0.4, 0.5) is 0 Å². The van der Waals surface area contributed by atoms with Gasteiger partial charge in [0.25, 0.3) is 5.91 Å². The molecule has 6 nitrogen and oxygen atoms in total. The number of allylic oxidation sites excluding steroid dienone is 1. The summed E-state index contributed by atoms with van der Waals surface area (Å²) in [7, 11) is 0. The predicted molar refractivity (Wildman–Crippen MR) is 103 cm³/mol. The van der Waals surface area contributed by atoms with Gasteiger partial charge in [0, 0.05) is 6.54 Å². The zero-order valence-corrected chi connectivity index (χ0v) is 17.1. The third kappa shape index (κ3) is 7.02. The number of ether oxygens (including phenoxy) is 1. The van der Waals surface area contributed by atoms with Crippen molar-refractivity contribution in [2.75, 3.05) is 6.61 Å². The molecular formula is C20H33N3O3. The molecule has 6 heteroatoms. The molecule has 1 atom stereocenters. The van der Waals surface area contributed by atoms with Crippen molar-refractivity contribution in [1.29, 1.82) is 0 Å². The van der Waals surface area contributed by atoms with Crippen LogP contribution in [0.5, 0.6) is 0 Å². The third-order valence-electron chi connectivity index (χ3n) is 3.60. The lowest BCUT2D eigenvalue weighted by Crippen LogP contribution is -2.41. The first-order valence-corrected chi connectivity index (χ1v) is 9.31. The molecule has 1 aromatic rings. The fraction of sp³-hybridized carbons (Fsp3) is 0.650. The first-order valence-electron chi connectivity index (χ1n) is 9.31. The number of esters is 1. The second-order valence-electron chi connectivity index (χ2n) is 7.86. The van der Waals surface area contributed by atoms with Crippen LogP contribution in [0, 0.1) is 11.3 Å². The molecule has 0 saturated heterocycles. The van der Waals surface area contributed by atoms with Gasteiger partial charge in [0.05, 0.1) is 12.3 Å². The molecule has 0 saturated carbocycles. The van der Waals surface area contributed by atoms with Crippen LogP contribution >= 0.6 is 0 Å². The molecule has 0 aromatic carbocycles. The molecule has 26 heavy (non-hydrogen) atoms. The summed E-state index contributed by atoms with van der Waals surface area (Å²) >= 11 is 0. The van der Waals surface area contributed by atoms with Crippen LogP contribution in [0.1, 0.15) is 64.6 Å². The molecule has 0 fully saturated rings. The summed E-state index contributed by atoms with van der Waals surface area (Å²) in [4.78, 5) is 25.0. The van der Waals surface area contributed by atoms with E-state index in [1.54, 1.807) is 23.7 Å². The molecule has 0 spiro atoms. The number of aryl methyl sites for hydroxylation is 1. The minimum Gasteiger partial charge on any atom is -0.464 e. The molecule has 0 aliphatic carbocycles. The summed E-state index contributed by atoms with van der Waals surface area (Å²) in [6.07, 6.45) is 4.40. The topological polar surface area (TPSA) is 73.2 Å². The van der Waals surface area contributed by atoms with Gasteiger partial charge in [-0.05, 0) is 37.7 Å². The van der Waals surface area contributed by atoms with Crippen LogP contribution in [0.2, 0.25) is 0 Å². The highest BCUT2D eigenvalue weighted by Gasteiger charge is 2.23. The molecule has 1 unspecified atom stereocenters. The average molecular weight is 364 g/mol. The lowest BCUT2D eigenvalue weighted by molar-refractivity contribution is -0.144. The highest BCUT2D eigenvalue weighted by atomic mass is 16.5. The highest BCUT2D eigenvalue weighted by Crippen LogP contribution is 2.15. The van der Waals surface area contributed by atoms with Crippen LogP contribution in [0.25, 0.3) is 0 Å². The molecule has 1 rings (SSSR count). The molecule has 0 aliphatic heterocycles. The minimum atomic E-state index is -0.824. The van der Waals surface area contributed by atoms with Gasteiger partial charge in [-0.15, -0.1) is 0 Å². The maximum Gasteiger partial charge on any atom is 0.332 e. The summed E-state index contributed by atoms with van der Waals surface area (Å²) in [5.41, 5.74) is 1.23. The standard InChI is InChI=1S/C20H33N3O3/c1-8-23-17(13-15(22-23)12-14(3)4)18(24)21-16(19(25)26-9-2)10-11-20(5,6)7/h10-11,13-14,16H,8-9,12H2,1-7H3,(H,21,24)/b11-10+. The van der Waals surface area contributed by atoms with Crippen LogP contribution < -0.4 is 5.32 Å². The summed E-state index contributed by atoms with van der Waals surface area (Å²) in [6.45, 7) is 14.8. The van der Waals surface area contributed by atoms with Crippen LogP contribution in [0.15, 0.2) is 18.2 Å². The number of aromatic nitrogens is 2. The Morgan fingerprint density at radius 2 is 1.96 bits per heavy atom. The van der Waals surface area contributed by atoms with Gasteiger partial charge < -0.3 is 10.1 Å². The second-order valence-corrected chi connectivity index (χ2v) is 7.86. The normalized spacial score (nSPS) is 13.2. The van der Waals surface area contributed by atoms with E-state index in [2.05, 4.69) is 24.3 Å². The number of carbonyl (C=O) groups is 2. The largest absolute Gasteiger partial charge is 0.464 e. The fourth-order valence-corrected chi connectivity index (χ4v) is 2.43. The maximum absolute atomic E-state index is 12.8. The van der Waals surface area contributed by atoms with Crippen molar-refractivity contribution in [3.63, 3.8) is 0 Å². The highest BCUT2D eigenvalue weighted by molar-refractivity contribution is 5.96. The summed E-state index contributed by atoms with van der Waals surface area (Å²) < 4.78 is 6.76. The molecule has 1 aromatic heterocycles. The number of rotatable bonds is 8. The Morgan fingerprint density at radius 1 is 1.31 bits per heavy atom. The first-order chi connectivity index (χ1) is 12.1. The van der Waals surface area contributed by atoms with E-state index in [0.29, 0.717) is 18.2 Å². The number of hydrogen-bond acceptors (Lipinski definition) is 4. The summed E-state index contributed by atoms with van der Waals surface area (Å²) in [5, 5.41) is 7.26. The van der Waals surface area contributed by atoms with Gasteiger partial charge in [0.2, 0.25) is 0 Å². The van der Waals surface area contributed by atoms with Crippen molar-refractivity contribution >= 4 is 11.9 Å². The minimum absolute atomic E-state index is 0.106. The number of nitrogens with zero attached hydrogens (tertiary/aromatic N) is 2. The Balaban J connectivity index is 3.03. The molecule has 1 N–H and O–H groups in total. The first kappa shape index (κ1) is 21.9. The molecular weight excluding hydrogens is 330 g/mol. The van der Waals surface area contributed by atoms with E-state index in [1.165, 1.54) is 0 Å². The van der Waals surface area contributed by atoms with Crippen molar-refractivity contribution < 1.29 is 14.3 Å². The Morgan fingerprint density at radius 3 is 2.46 bits per heavy atom. The zero-order valence-electron chi connectivity index (χ0n) is 17.1. The van der Waals surface area contributed by atoms with Crippen molar-refractivity contribution in [3.8, 4) is 0 Å².